The largest absolute Gasteiger partial charge is 0.310 e. The van der Waals surface area contributed by atoms with Crippen molar-refractivity contribution in [2.75, 3.05) is 0 Å². The van der Waals surface area contributed by atoms with E-state index in [4.69, 9.17) is 0 Å². The number of halogens is 1. The molecule has 0 aliphatic rings. The van der Waals surface area contributed by atoms with Crippen molar-refractivity contribution in [2.45, 2.75) is 33.1 Å². The van der Waals surface area contributed by atoms with Crippen LogP contribution in [0.3, 0.4) is 0 Å². The van der Waals surface area contributed by atoms with Gasteiger partial charge in [0.25, 0.3) is 5.56 Å². The summed E-state index contributed by atoms with van der Waals surface area (Å²) in [7, 11) is 0. The van der Waals surface area contributed by atoms with Crippen LogP contribution in [0.5, 0.6) is 0 Å². The molecule has 0 radical (unpaired) electrons. The molecule has 1 heterocycles. The first-order valence-corrected chi connectivity index (χ1v) is 5.14. The third kappa shape index (κ3) is 2.18. The highest BCUT2D eigenvalue weighted by atomic mass is 79.9. The van der Waals surface area contributed by atoms with E-state index in [1.807, 2.05) is 20.8 Å². The smallest absolute Gasteiger partial charge is 0.265 e. The summed E-state index contributed by atoms with van der Waals surface area (Å²) in [6.07, 6.45) is 0.752. The summed E-state index contributed by atoms with van der Waals surface area (Å²) in [6, 6.07) is 0. The molecule has 0 bridgehead atoms. The highest BCUT2D eigenvalue weighted by molar-refractivity contribution is 9.10. The zero-order chi connectivity index (χ0) is 10.0. The monoisotopic (exact) mass is 244 g/mol. The average Bonchev–Trinajstić information content (AvgIpc) is 2.09. The Bertz CT molecular complexity index is 357. The van der Waals surface area contributed by atoms with Crippen LogP contribution in [0.1, 0.15) is 38.2 Å². The highest BCUT2D eigenvalue weighted by Crippen LogP contribution is 2.18. The van der Waals surface area contributed by atoms with Gasteiger partial charge in [-0.3, -0.25) is 4.79 Å². The predicted molar refractivity (Wildman–Crippen MR) is 56.0 cm³/mol. The molecular weight excluding hydrogens is 232 g/mol. The Morgan fingerprint density at radius 2 is 2.15 bits per heavy atom. The maximum absolute atomic E-state index is 11.4. The van der Waals surface area contributed by atoms with E-state index >= 15 is 0 Å². The molecule has 0 aliphatic carbocycles. The van der Waals surface area contributed by atoms with Crippen LogP contribution < -0.4 is 5.56 Å². The summed E-state index contributed by atoms with van der Waals surface area (Å²) < 4.78 is 0.555. The predicted octanol–water partition coefficient (Wildman–Crippen LogP) is 2.22. The summed E-state index contributed by atoms with van der Waals surface area (Å²) in [5, 5.41) is 0. The summed E-state index contributed by atoms with van der Waals surface area (Å²) in [6.45, 7) is 6.01. The van der Waals surface area contributed by atoms with Crippen LogP contribution in [-0.2, 0) is 6.42 Å². The summed E-state index contributed by atoms with van der Waals surface area (Å²) in [4.78, 5) is 18.4. The lowest BCUT2D eigenvalue weighted by molar-refractivity contribution is 0.770. The lowest BCUT2D eigenvalue weighted by Gasteiger charge is -2.07. The maximum Gasteiger partial charge on any atom is 0.265 e. The van der Waals surface area contributed by atoms with Crippen molar-refractivity contribution >= 4 is 15.9 Å². The molecule has 3 nitrogen and oxygen atoms in total. The summed E-state index contributed by atoms with van der Waals surface area (Å²) in [5.74, 6) is 1.01. The normalized spacial score (nSPS) is 10.8. The minimum absolute atomic E-state index is 0.0875. The Kier molecular flexibility index (Phi) is 3.25. The van der Waals surface area contributed by atoms with Gasteiger partial charge in [-0.05, 0) is 21.8 Å². The standard InChI is InChI=1S/C9H13BrN2O/c1-4-6-11-8(5(2)3)7(10)9(13)12-6/h5H,4H2,1-3H3,(H,11,12,13). The molecule has 1 N–H and O–H groups in total. The van der Waals surface area contributed by atoms with E-state index in [9.17, 15) is 4.79 Å². The molecule has 0 unspecified atom stereocenters. The van der Waals surface area contributed by atoms with Crippen LogP contribution in [0.2, 0.25) is 0 Å². The summed E-state index contributed by atoms with van der Waals surface area (Å²) in [5.41, 5.74) is 0.746. The Balaban J connectivity index is 3.33. The number of aromatic amines is 1. The van der Waals surface area contributed by atoms with Gasteiger partial charge in [-0.25, -0.2) is 4.98 Å². The van der Waals surface area contributed by atoms with E-state index in [1.165, 1.54) is 0 Å². The van der Waals surface area contributed by atoms with Gasteiger partial charge in [0.05, 0.1) is 5.69 Å². The lowest BCUT2D eigenvalue weighted by Crippen LogP contribution is -2.15. The molecule has 0 aliphatic heterocycles. The Labute approximate surface area is 85.7 Å². The first-order chi connectivity index (χ1) is 6.06. The number of nitrogens with one attached hydrogen (secondary N) is 1. The topological polar surface area (TPSA) is 45.8 Å². The van der Waals surface area contributed by atoms with Crippen LogP contribution in [0.4, 0.5) is 0 Å². The SMILES string of the molecule is CCc1nc(C(C)C)c(Br)c(=O)[nH]1. The minimum atomic E-state index is -0.0875. The second-order valence-corrected chi connectivity index (χ2v) is 4.01. The molecule has 0 saturated carbocycles. The van der Waals surface area contributed by atoms with Gasteiger partial charge in [-0.1, -0.05) is 20.8 Å². The van der Waals surface area contributed by atoms with Crippen LogP contribution >= 0.6 is 15.9 Å². The molecular formula is C9H13BrN2O. The van der Waals surface area contributed by atoms with E-state index in [-0.39, 0.29) is 11.5 Å². The number of aryl methyl sites for hydroxylation is 1. The molecule has 1 aromatic heterocycles. The fourth-order valence-electron chi connectivity index (χ4n) is 1.07. The fraction of sp³-hybridized carbons (Fsp3) is 0.556. The molecule has 0 atom stereocenters. The van der Waals surface area contributed by atoms with E-state index < -0.39 is 0 Å². The van der Waals surface area contributed by atoms with Crippen molar-refractivity contribution in [1.82, 2.24) is 9.97 Å². The van der Waals surface area contributed by atoms with Crippen LogP contribution in [0, 0.1) is 0 Å². The second-order valence-electron chi connectivity index (χ2n) is 3.22. The first kappa shape index (κ1) is 10.4. The maximum atomic E-state index is 11.4. The van der Waals surface area contributed by atoms with E-state index in [0.717, 1.165) is 17.9 Å². The molecule has 1 rings (SSSR count). The van der Waals surface area contributed by atoms with Gasteiger partial charge in [0.15, 0.2) is 0 Å². The Morgan fingerprint density at radius 1 is 1.54 bits per heavy atom. The molecule has 13 heavy (non-hydrogen) atoms. The molecule has 0 saturated heterocycles. The van der Waals surface area contributed by atoms with Crippen LogP contribution in [0.25, 0.3) is 0 Å². The Hall–Kier alpha value is -0.640. The lowest BCUT2D eigenvalue weighted by atomic mass is 10.1. The average molecular weight is 245 g/mol. The van der Waals surface area contributed by atoms with Gasteiger partial charge >= 0.3 is 0 Å². The van der Waals surface area contributed by atoms with Crippen molar-refractivity contribution in [2.24, 2.45) is 0 Å². The van der Waals surface area contributed by atoms with Crippen molar-refractivity contribution in [3.05, 3.63) is 26.3 Å². The first-order valence-electron chi connectivity index (χ1n) is 4.34. The molecule has 72 valence electrons. The van der Waals surface area contributed by atoms with Gasteiger partial charge in [0.2, 0.25) is 0 Å². The van der Waals surface area contributed by atoms with Crippen molar-refractivity contribution in [3.63, 3.8) is 0 Å². The molecule has 0 aromatic carbocycles. The molecule has 1 aromatic rings. The fourth-order valence-corrected chi connectivity index (χ4v) is 1.72. The van der Waals surface area contributed by atoms with Gasteiger partial charge in [0, 0.05) is 6.42 Å². The third-order valence-electron chi connectivity index (χ3n) is 1.82. The van der Waals surface area contributed by atoms with Gasteiger partial charge < -0.3 is 4.98 Å². The minimum Gasteiger partial charge on any atom is -0.310 e. The van der Waals surface area contributed by atoms with E-state index in [0.29, 0.717) is 4.47 Å². The molecule has 4 heteroatoms. The van der Waals surface area contributed by atoms with Crippen LogP contribution in [0.15, 0.2) is 9.27 Å². The van der Waals surface area contributed by atoms with Gasteiger partial charge in [-0.15, -0.1) is 0 Å². The van der Waals surface area contributed by atoms with Crippen molar-refractivity contribution in [1.29, 1.82) is 0 Å². The Morgan fingerprint density at radius 3 is 2.62 bits per heavy atom. The van der Waals surface area contributed by atoms with E-state index in [2.05, 4.69) is 25.9 Å². The quantitative estimate of drug-likeness (QED) is 0.868. The highest BCUT2D eigenvalue weighted by Gasteiger charge is 2.10. The number of H-pyrrole nitrogens is 1. The summed E-state index contributed by atoms with van der Waals surface area (Å²) >= 11 is 3.24. The van der Waals surface area contributed by atoms with E-state index in [1.54, 1.807) is 0 Å². The zero-order valence-corrected chi connectivity index (χ0v) is 9.60. The number of rotatable bonds is 2. The van der Waals surface area contributed by atoms with Crippen molar-refractivity contribution in [3.8, 4) is 0 Å². The van der Waals surface area contributed by atoms with Gasteiger partial charge in [0.1, 0.15) is 10.3 Å². The number of aromatic nitrogens is 2. The number of nitrogens with zero attached hydrogens (tertiary/aromatic N) is 1. The molecule has 0 spiro atoms. The third-order valence-corrected chi connectivity index (χ3v) is 2.59. The van der Waals surface area contributed by atoms with Gasteiger partial charge in [-0.2, -0.15) is 0 Å². The van der Waals surface area contributed by atoms with Crippen LogP contribution in [-0.4, -0.2) is 9.97 Å². The number of hydrogen-bond acceptors (Lipinski definition) is 2. The molecule has 0 amide bonds. The van der Waals surface area contributed by atoms with Crippen molar-refractivity contribution < 1.29 is 0 Å². The number of hydrogen-bond donors (Lipinski definition) is 1. The second kappa shape index (κ2) is 4.05. The zero-order valence-electron chi connectivity index (χ0n) is 8.02. The molecule has 0 fully saturated rings.